The highest BCUT2D eigenvalue weighted by Crippen LogP contribution is 2.34. The number of halogens is 3. The van der Waals surface area contributed by atoms with Crippen LogP contribution < -0.4 is 5.32 Å². The molecule has 0 fully saturated rings. The minimum absolute atomic E-state index is 0.337. The summed E-state index contributed by atoms with van der Waals surface area (Å²) in [4.78, 5) is 25.3. The van der Waals surface area contributed by atoms with Gasteiger partial charge in [-0.3, -0.25) is 4.79 Å². The molecule has 1 N–H and O–H groups in total. The summed E-state index contributed by atoms with van der Waals surface area (Å²) in [5.41, 5.74) is -1.42. The molecule has 0 atom stereocenters. The number of para-hydroxylation sites is 1. The van der Waals surface area contributed by atoms with Crippen LogP contribution in [0.1, 0.15) is 5.56 Å². The largest absolute Gasteiger partial charge is 0.454 e. The van der Waals surface area contributed by atoms with Gasteiger partial charge < -0.3 is 10.1 Å². The van der Waals surface area contributed by atoms with Gasteiger partial charge in [0.25, 0.3) is 5.91 Å². The summed E-state index contributed by atoms with van der Waals surface area (Å²) in [6.07, 6.45) is -4.63. The highest BCUT2D eigenvalue weighted by Gasteiger charge is 2.33. The quantitative estimate of drug-likeness (QED) is 0.626. The monoisotopic (exact) mass is 411 g/mol. The summed E-state index contributed by atoms with van der Waals surface area (Å²) in [7, 11) is 0. The van der Waals surface area contributed by atoms with Crippen LogP contribution in [0.15, 0.2) is 41.8 Å². The summed E-state index contributed by atoms with van der Waals surface area (Å²) < 4.78 is 43.4. The molecule has 0 bridgehead atoms. The highest BCUT2D eigenvalue weighted by atomic mass is 32.1. The number of esters is 1. The molecule has 8 nitrogen and oxygen atoms in total. The minimum Gasteiger partial charge on any atom is -0.454 e. The number of amides is 1. The molecule has 28 heavy (non-hydrogen) atoms. The van der Waals surface area contributed by atoms with E-state index < -0.39 is 42.5 Å². The molecule has 2 heterocycles. The number of carbonyl (C=O) groups excluding carboxylic acids is 2. The van der Waals surface area contributed by atoms with E-state index in [1.165, 1.54) is 23.5 Å². The molecule has 0 saturated carbocycles. The third kappa shape index (κ3) is 4.91. The van der Waals surface area contributed by atoms with Crippen LogP contribution in [0.5, 0.6) is 0 Å². The normalized spacial score (nSPS) is 11.2. The van der Waals surface area contributed by atoms with Gasteiger partial charge in [-0.25, -0.2) is 4.79 Å². The summed E-state index contributed by atoms with van der Waals surface area (Å²) in [5.74, 6) is -1.41. The topological polar surface area (TPSA) is 99.0 Å². The van der Waals surface area contributed by atoms with E-state index in [1.807, 2.05) is 11.4 Å². The smallest absolute Gasteiger partial charge is 0.418 e. The number of anilines is 1. The van der Waals surface area contributed by atoms with Crippen LogP contribution in [0.4, 0.5) is 18.9 Å². The first-order valence-electron chi connectivity index (χ1n) is 7.76. The van der Waals surface area contributed by atoms with Crippen LogP contribution in [0.2, 0.25) is 0 Å². The maximum Gasteiger partial charge on any atom is 0.418 e. The fourth-order valence-electron chi connectivity index (χ4n) is 2.15. The van der Waals surface area contributed by atoms with Crippen LogP contribution in [0, 0.1) is 0 Å². The van der Waals surface area contributed by atoms with E-state index >= 15 is 0 Å². The van der Waals surface area contributed by atoms with Crippen molar-refractivity contribution in [3.05, 3.63) is 47.3 Å². The van der Waals surface area contributed by atoms with E-state index in [2.05, 4.69) is 20.7 Å². The van der Waals surface area contributed by atoms with Crippen molar-refractivity contribution in [1.82, 2.24) is 20.2 Å². The molecule has 146 valence electrons. The van der Waals surface area contributed by atoms with Crippen LogP contribution in [0.25, 0.3) is 10.7 Å². The van der Waals surface area contributed by atoms with E-state index in [0.29, 0.717) is 5.82 Å². The molecule has 2 aromatic heterocycles. The number of thiophene rings is 1. The number of nitrogens with one attached hydrogen (secondary N) is 1. The van der Waals surface area contributed by atoms with Gasteiger partial charge in [0.2, 0.25) is 5.82 Å². The van der Waals surface area contributed by atoms with Crippen molar-refractivity contribution in [2.45, 2.75) is 12.7 Å². The van der Waals surface area contributed by atoms with Gasteiger partial charge in [-0.05, 0) is 28.8 Å². The van der Waals surface area contributed by atoms with Gasteiger partial charge in [-0.15, -0.1) is 21.5 Å². The number of benzene rings is 1. The summed E-state index contributed by atoms with van der Waals surface area (Å²) in [5, 5.41) is 15.4. The van der Waals surface area contributed by atoms with Crippen molar-refractivity contribution in [3.8, 4) is 10.7 Å². The summed E-state index contributed by atoms with van der Waals surface area (Å²) in [6, 6.07) is 8.08. The summed E-state index contributed by atoms with van der Waals surface area (Å²) in [6.45, 7) is -1.15. The second-order valence-corrected chi connectivity index (χ2v) is 6.32. The van der Waals surface area contributed by atoms with Gasteiger partial charge in [-0.1, -0.05) is 18.2 Å². The molecule has 0 unspecified atom stereocenters. The number of carbonyl (C=O) groups is 2. The number of hydrogen-bond donors (Lipinski definition) is 1. The predicted octanol–water partition coefficient (Wildman–Crippen LogP) is 2.60. The Morgan fingerprint density at radius 2 is 1.96 bits per heavy atom. The first-order chi connectivity index (χ1) is 13.3. The van der Waals surface area contributed by atoms with Crippen molar-refractivity contribution in [2.24, 2.45) is 0 Å². The number of aromatic nitrogens is 4. The first-order valence-corrected chi connectivity index (χ1v) is 8.64. The number of hydrogen-bond acceptors (Lipinski definition) is 7. The average Bonchev–Trinajstić information content (AvgIpc) is 3.31. The predicted molar refractivity (Wildman–Crippen MR) is 92.2 cm³/mol. The Hall–Kier alpha value is -3.28. The molecule has 3 aromatic rings. The zero-order chi connectivity index (χ0) is 20.1. The van der Waals surface area contributed by atoms with Gasteiger partial charge >= 0.3 is 12.1 Å². The molecule has 0 aliphatic carbocycles. The molecule has 1 aromatic carbocycles. The molecule has 1 amide bonds. The van der Waals surface area contributed by atoms with Crippen molar-refractivity contribution in [1.29, 1.82) is 0 Å². The van der Waals surface area contributed by atoms with Crippen molar-refractivity contribution >= 4 is 28.9 Å². The Morgan fingerprint density at radius 1 is 1.18 bits per heavy atom. The average molecular weight is 411 g/mol. The number of alkyl halides is 3. The maximum absolute atomic E-state index is 12.9. The Balaban J connectivity index is 1.52. The summed E-state index contributed by atoms with van der Waals surface area (Å²) >= 11 is 1.40. The van der Waals surface area contributed by atoms with Gasteiger partial charge in [0.15, 0.2) is 13.2 Å². The molecule has 0 saturated heterocycles. The Bertz CT molecular complexity index is 972. The number of nitrogens with zero attached hydrogens (tertiary/aromatic N) is 4. The standard InChI is InChI=1S/C16H12F3N5O3S/c17-16(18,19)10-4-1-2-5-11(10)20-13(25)9-27-14(26)8-24-22-15(21-23-24)12-6-3-7-28-12/h1-7H,8-9H2,(H,20,25). The van der Waals surface area contributed by atoms with E-state index in [0.717, 1.165) is 21.8 Å². The molecule has 0 spiro atoms. The first kappa shape index (κ1) is 19.5. The van der Waals surface area contributed by atoms with Crippen LogP contribution in [-0.4, -0.2) is 38.7 Å². The Morgan fingerprint density at radius 3 is 2.68 bits per heavy atom. The third-order valence-corrected chi connectivity index (χ3v) is 4.20. The Labute approximate surface area is 159 Å². The van der Waals surface area contributed by atoms with E-state index in [9.17, 15) is 22.8 Å². The zero-order valence-corrected chi connectivity index (χ0v) is 14.8. The molecular formula is C16H12F3N5O3S. The molecule has 0 radical (unpaired) electrons. The lowest BCUT2D eigenvalue weighted by atomic mass is 10.1. The molecule has 3 rings (SSSR count). The third-order valence-electron chi connectivity index (χ3n) is 3.34. The molecule has 0 aliphatic heterocycles. The molecule has 0 aliphatic rings. The second-order valence-electron chi connectivity index (χ2n) is 5.37. The van der Waals surface area contributed by atoms with Crippen LogP contribution in [-0.2, 0) is 27.0 Å². The van der Waals surface area contributed by atoms with E-state index in [1.54, 1.807) is 6.07 Å². The van der Waals surface area contributed by atoms with Gasteiger partial charge in [0.1, 0.15) is 0 Å². The molecular weight excluding hydrogens is 399 g/mol. The zero-order valence-electron chi connectivity index (χ0n) is 14.0. The maximum atomic E-state index is 12.9. The minimum atomic E-state index is -4.63. The van der Waals surface area contributed by atoms with E-state index in [-0.39, 0.29) is 0 Å². The number of ether oxygens (including phenoxy) is 1. The van der Waals surface area contributed by atoms with Crippen molar-refractivity contribution in [2.75, 3.05) is 11.9 Å². The fourth-order valence-corrected chi connectivity index (χ4v) is 2.80. The van der Waals surface area contributed by atoms with Crippen molar-refractivity contribution < 1.29 is 27.5 Å². The fraction of sp³-hybridized carbons (Fsp3) is 0.188. The van der Waals surface area contributed by atoms with Crippen LogP contribution in [0.3, 0.4) is 0 Å². The van der Waals surface area contributed by atoms with Gasteiger partial charge in [0.05, 0.1) is 16.1 Å². The SMILES string of the molecule is O=C(COC(=O)Cn1nnc(-c2cccs2)n1)Nc1ccccc1C(F)(F)F. The molecule has 12 heteroatoms. The lowest BCUT2D eigenvalue weighted by Crippen LogP contribution is -2.24. The van der Waals surface area contributed by atoms with E-state index in [4.69, 9.17) is 4.74 Å². The van der Waals surface area contributed by atoms with Gasteiger partial charge in [0, 0.05) is 0 Å². The lowest BCUT2D eigenvalue weighted by Gasteiger charge is -2.13. The second kappa shape index (κ2) is 8.17. The number of rotatable bonds is 6. The Kier molecular flexibility index (Phi) is 5.68. The lowest BCUT2D eigenvalue weighted by molar-refractivity contribution is -0.148. The van der Waals surface area contributed by atoms with Crippen LogP contribution >= 0.6 is 11.3 Å². The highest BCUT2D eigenvalue weighted by molar-refractivity contribution is 7.13. The van der Waals surface area contributed by atoms with Crippen molar-refractivity contribution in [3.63, 3.8) is 0 Å². The van der Waals surface area contributed by atoms with Gasteiger partial charge in [-0.2, -0.15) is 18.0 Å². The number of tetrazole rings is 1.